The molecule has 0 aliphatic rings. The van der Waals surface area contributed by atoms with Gasteiger partial charge in [-0.3, -0.25) is 9.59 Å². The number of para-hydroxylation sites is 1. The van der Waals surface area contributed by atoms with Gasteiger partial charge in [-0.05, 0) is 38.8 Å². The van der Waals surface area contributed by atoms with Crippen molar-refractivity contribution in [3.63, 3.8) is 0 Å². The number of rotatable bonds is 12. The quantitative estimate of drug-likeness (QED) is 0.223. The molecular formula is C22H27FN4O5. The van der Waals surface area contributed by atoms with Gasteiger partial charge in [0.2, 0.25) is 11.7 Å². The van der Waals surface area contributed by atoms with E-state index in [0.717, 1.165) is 6.21 Å². The number of nitrogens with zero attached hydrogens (tertiary/aromatic N) is 2. The van der Waals surface area contributed by atoms with Gasteiger partial charge in [0, 0.05) is 31.0 Å². The van der Waals surface area contributed by atoms with Gasteiger partial charge >= 0.3 is 12.2 Å². The highest BCUT2D eigenvalue weighted by molar-refractivity contribution is 6.25. The minimum absolute atomic E-state index is 0.0424. The number of carbonyl (C=O) groups is 3. The summed E-state index contributed by atoms with van der Waals surface area (Å²) in [5, 5.41) is 3.23. The molecular weight excluding hydrogens is 419 g/mol. The summed E-state index contributed by atoms with van der Waals surface area (Å²) in [6.45, 7) is 5.30. The predicted molar refractivity (Wildman–Crippen MR) is 114 cm³/mol. The molecule has 1 aromatic carbocycles. The van der Waals surface area contributed by atoms with Crippen molar-refractivity contribution >= 4 is 34.8 Å². The van der Waals surface area contributed by atoms with E-state index in [-0.39, 0.29) is 25.9 Å². The number of hydrogen-bond acceptors (Lipinski definition) is 5. The lowest BCUT2D eigenvalue weighted by molar-refractivity contribution is -0.153. The molecule has 2 rings (SSSR count). The van der Waals surface area contributed by atoms with Crippen LogP contribution in [0.5, 0.6) is 0 Å². The number of Topliss-reactive ketones (excluding diaryl/α,β-unsaturated/α-hetero) is 1. The van der Waals surface area contributed by atoms with E-state index in [0.29, 0.717) is 16.5 Å². The fraction of sp³-hybridized carbons (Fsp3) is 0.455. The molecule has 0 saturated heterocycles. The van der Waals surface area contributed by atoms with Crippen LogP contribution in [0.1, 0.15) is 39.2 Å². The van der Waals surface area contributed by atoms with Crippen LogP contribution in [0.15, 0.2) is 24.4 Å². The van der Waals surface area contributed by atoms with E-state index in [9.17, 15) is 18.8 Å². The molecule has 172 valence electrons. The third kappa shape index (κ3) is 6.83. The van der Waals surface area contributed by atoms with Gasteiger partial charge < -0.3 is 25.3 Å². The van der Waals surface area contributed by atoms with Gasteiger partial charge in [-0.2, -0.15) is 4.79 Å². The van der Waals surface area contributed by atoms with Crippen LogP contribution in [0.3, 0.4) is 0 Å². The number of halogens is 1. The van der Waals surface area contributed by atoms with Crippen LogP contribution in [0, 0.1) is 5.82 Å². The first-order chi connectivity index (χ1) is 15.3. The van der Waals surface area contributed by atoms with Gasteiger partial charge in [-0.15, -0.1) is 0 Å². The molecule has 0 aliphatic carbocycles. The zero-order valence-corrected chi connectivity index (χ0v) is 18.3. The van der Waals surface area contributed by atoms with E-state index in [2.05, 4.69) is 15.1 Å². The molecule has 1 heterocycles. The Morgan fingerprint density at radius 2 is 2.06 bits per heavy atom. The number of ether oxygens (including phenoxy) is 2. The zero-order valence-electron chi connectivity index (χ0n) is 18.3. The van der Waals surface area contributed by atoms with Crippen molar-refractivity contribution in [2.45, 2.75) is 58.3 Å². The SMILES string of the molecule is CCO[C@@H](Cc1c[nH]c2c(F)cccc12)C(=O)N[C@@H](CCC(=O)C=[N+]=[N-])C(=O)OC(C)C. The van der Waals surface area contributed by atoms with Crippen molar-refractivity contribution in [1.29, 1.82) is 0 Å². The molecule has 2 N–H and O–H groups in total. The van der Waals surface area contributed by atoms with E-state index >= 15 is 0 Å². The first-order valence-corrected chi connectivity index (χ1v) is 10.3. The maximum atomic E-state index is 14.0. The highest BCUT2D eigenvalue weighted by Crippen LogP contribution is 2.22. The Morgan fingerprint density at radius 1 is 1.31 bits per heavy atom. The molecule has 9 nitrogen and oxygen atoms in total. The lowest BCUT2D eigenvalue weighted by Gasteiger charge is -2.22. The molecule has 10 heteroatoms. The average molecular weight is 446 g/mol. The number of nitrogens with one attached hydrogen (secondary N) is 2. The summed E-state index contributed by atoms with van der Waals surface area (Å²) in [6, 6.07) is 3.56. The fourth-order valence-electron chi connectivity index (χ4n) is 3.22. The fourth-order valence-corrected chi connectivity index (χ4v) is 3.22. The summed E-state index contributed by atoms with van der Waals surface area (Å²) in [5.74, 6) is -2.16. The van der Waals surface area contributed by atoms with Crippen molar-refractivity contribution < 1.29 is 33.0 Å². The number of benzene rings is 1. The normalized spacial score (nSPS) is 12.8. The lowest BCUT2D eigenvalue weighted by Crippen LogP contribution is -2.48. The number of esters is 1. The Morgan fingerprint density at radius 3 is 2.72 bits per heavy atom. The molecule has 32 heavy (non-hydrogen) atoms. The summed E-state index contributed by atoms with van der Waals surface area (Å²) in [7, 11) is 0. The molecule has 0 bridgehead atoms. The third-order valence-corrected chi connectivity index (χ3v) is 4.65. The third-order valence-electron chi connectivity index (χ3n) is 4.65. The Balaban J connectivity index is 2.18. The molecule has 0 saturated carbocycles. The van der Waals surface area contributed by atoms with Crippen LogP contribution in [0.25, 0.3) is 16.4 Å². The average Bonchev–Trinajstić information content (AvgIpc) is 3.14. The number of carbonyl (C=O) groups excluding carboxylic acids is 3. The second kappa shape index (κ2) is 11.9. The predicted octanol–water partition coefficient (Wildman–Crippen LogP) is 2.34. The maximum absolute atomic E-state index is 14.0. The highest BCUT2D eigenvalue weighted by Gasteiger charge is 2.29. The van der Waals surface area contributed by atoms with Gasteiger partial charge in [0.25, 0.3) is 0 Å². The number of aromatic nitrogens is 1. The molecule has 0 radical (unpaired) electrons. The van der Waals surface area contributed by atoms with Gasteiger partial charge in [-0.25, -0.2) is 9.18 Å². The Kier molecular flexibility index (Phi) is 9.24. The summed E-state index contributed by atoms with van der Waals surface area (Å²) in [6.07, 6.45) is 0.941. The molecule has 1 amide bonds. The van der Waals surface area contributed by atoms with E-state index in [1.165, 1.54) is 6.07 Å². The number of hydrogen-bond donors (Lipinski definition) is 2. The van der Waals surface area contributed by atoms with Crippen molar-refractivity contribution in [2.75, 3.05) is 6.61 Å². The number of fused-ring (bicyclic) bond motifs is 1. The summed E-state index contributed by atoms with van der Waals surface area (Å²) in [5.41, 5.74) is 9.48. The summed E-state index contributed by atoms with van der Waals surface area (Å²) < 4.78 is 24.7. The number of amides is 1. The topological polar surface area (TPSA) is 134 Å². The first kappa shape index (κ1) is 24.9. The van der Waals surface area contributed by atoms with E-state index in [1.54, 1.807) is 39.1 Å². The van der Waals surface area contributed by atoms with Gasteiger partial charge in [0.15, 0.2) is 0 Å². The number of aromatic amines is 1. The monoisotopic (exact) mass is 446 g/mol. The minimum Gasteiger partial charge on any atom is -0.461 e. The van der Waals surface area contributed by atoms with Gasteiger partial charge in [0.05, 0.1) is 11.6 Å². The Hall–Kier alpha value is -3.36. The van der Waals surface area contributed by atoms with Crippen LogP contribution in [0.2, 0.25) is 0 Å². The van der Waals surface area contributed by atoms with Crippen LogP contribution >= 0.6 is 0 Å². The van der Waals surface area contributed by atoms with Crippen molar-refractivity contribution in [3.05, 3.63) is 41.3 Å². The van der Waals surface area contributed by atoms with Crippen LogP contribution < -0.4 is 5.32 Å². The van der Waals surface area contributed by atoms with Crippen LogP contribution in [-0.4, -0.2) is 58.5 Å². The van der Waals surface area contributed by atoms with Crippen LogP contribution in [-0.2, 0) is 30.3 Å². The summed E-state index contributed by atoms with van der Waals surface area (Å²) in [4.78, 5) is 42.6. The molecule has 0 fully saturated rings. The zero-order chi connectivity index (χ0) is 23.7. The van der Waals surface area contributed by atoms with Gasteiger partial charge in [0.1, 0.15) is 18.0 Å². The van der Waals surface area contributed by atoms with Crippen molar-refractivity contribution in [1.82, 2.24) is 10.3 Å². The largest absolute Gasteiger partial charge is 0.461 e. The smallest absolute Gasteiger partial charge is 0.328 e. The standard InChI is InChI=1S/C22H27FN4O5/c1-4-31-19(10-14-11-25-20-16(14)6-5-7-17(20)23)21(29)27-18(22(30)32-13(2)3)9-8-15(28)12-26-24/h5-7,11-13,18-19,25H,4,8-10H2,1-3H3,(H,27,29)/t18-,19-/m0/s1. The minimum atomic E-state index is -1.09. The number of ketones is 1. The number of H-pyrrole nitrogens is 1. The lowest BCUT2D eigenvalue weighted by atomic mass is 10.0. The molecule has 2 atom stereocenters. The van der Waals surface area contributed by atoms with E-state index in [4.69, 9.17) is 15.0 Å². The molecule has 0 aliphatic heterocycles. The molecule has 2 aromatic rings. The highest BCUT2D eigenvalue weighted by atomic mass is 19.1. The second-order valence-corrected chi connectivity index (χ2v) is 7.42. The van der Waals surface area contributed by atoms with Crippen molar-refractivity contribution in [2.24, 2.45) is 0 Å². The summed E-state index contributed by atoms with van der Waals surface area (Å²) >= 11 is 0. The Bertz CT molecular complexity index is 1010. The molecule has 0 spiro atoms. The second-order valence-electron chi connectivity index (χ2n) is 7.42. The van der Waals surface area contributed by atoms with Crippen LogP contribution in [0.4, 0.5) is 4.39 Å². The molecule has 0 unspecified atom stereocenters. The van der Waals surface area contributed by atoms with Crippen molar-refractivity contribution in [3.8, 4) is 0 Å². The Labute approximate surface area is 184 Å². The van der Waals surface area contributed by atoms with E-state index < -0.39 is 41.7 Å². The first-order valence-electron chi connectivity index (χ1n) is 10.3. The molecule has 1 aromatic heterocycles. The van der Waals surface area contributed by atoms with Gasteiger partial charge in [-0.1, -0.05) is 12.1 Å². The van der Waals surface area contributed by atoms with E-state index in [1.807, 2.05) is 0 Å². The maximum Gasteiger partial charge on any atom is 0.328 e.